The van der Waals surface area contributed by atoms with Gasteiger partial charge in [-0.2, -0.15) is 0 Å². The molecule has 7 nitrogen and oxygen atoms in total. The Morgan fingerprint density at radius 2 is 1.84 bits per heavy atom. The number of hydrogen-bond donors (Lipinski definition) is 3. The van der Waals surface area contributed by atoms with Crippen molar-refractivity contribution in [3.05, 3.63) is 91.6 Å². The highest BCUT2D eigenvalue weighted by molar-refractivity contribution is 6.30. The molecule has 166 valence electrons. The molecule has 2 heterocycles. The van der Waals surface area contributed by atoms with Crippen LogP contribution in [0.1, 0.15) is 19.4 Å². The Bertz CT molecular complexity index is 1410. The number of nitrogens with zero attached hydrogens (tertiary/aromatic N) is 3. The Morgan fingerprint density at radius 1 is 1.19 bits per heavy atom. The third kappa shape index (κ3) is 4.31. The van der Waals surface area contributed by atoms with Gasteiger partial charge < -0.3 is 10.6 Å². The highest BCUT2D eigenvalue weighted by Crippen LogP contribution is 2.13. The summed E-state index contributed by atoms with van der Waals surface area (Å²) in [6.07, 6.45) is 0. The van der Waals surface area contributed by atoms with E-state index in [0.717, 1.165) is 5.56 Å². The van der Waals surface area contributed by atoms with E-state index in [2.05, 4.69) is 15.6 Å². The van der Waals surface area contributed by atoms with E-state index in [1.165, 1.54) is 16.7 Å². The van der Waals surface area contributed by atoms with Gasteiger partial charge in [-0.25, -0.2) is 9.38 Å². The molecule has 0 radical (unpaired) electrons. The van der Waals surface area contributed by atoms with Crippen molar-refractivity contribution < 1.29 is 4.39 Å². The third-order valence-corrected chi connectivity index (χ3v) is 5.51. The van der Waals surface area contributed by atoms with Gasteiger partial charge in [0.2, 0.25) is 5.62 Å². The van der Waals surface area contributed by atoms with Gasteiger partial charge in [0.25, 0.3) is 5.56 Å². The lowest BCUT2D eigenvalue weighted by Gasteiger charge is -2.16. The van der Waals surface area contributed by atoms with Crippen molar-refractivity contribution in [3.63, 3.8) is 0 Å². The second kappa shape index (κ2) is 8.27. The minimum absolute atomic E-state index is 0.0608. The second-order valence-electron chi connectivity index (χ2n) is 8.39. The van der Waals surface area contributed by atoms with Crippen molar-refractivity contribution >= 4 is 23.1 Å². The first-order chi connectivity index (χ1) is 15.1. The number of anilines is 1. The molecule has 32 heavy (non-hydrogen) atoms. The Balaban J connectivity index is 1.87. The van der Waals surface area contributed by atoms with E-state index in [-0.39, 0.29) is 22.1 Å². The van der Waals surface area contributed by atoms with Crippen LogP contribution < -0.4 is 32.5 Å². The van der Waals surface area contributed by atoms with Gasteiger partial charge in [-0.3, -0.25) is 19.3 Å². The number of fused-ring (bicyclic) bond motifs is 1. The van der Waals surface area contributed by atoms with Crippen LogP contribution in [0.3, 0.4) is 0 Å². The predicted octanol–water partition coefficient (Wildman–Crippen LogP) is 1.84. The maximum absolute atomic E-state index is 13.4. The zero-order chi connectivity index (χ0) is 23.0. The van der Waals surface area contributed by atoms with Crippen molar-refractivity contribution in [2.45, 2.75) is 32.5 Å². The molecule has 3 aromatic rings. The zero-order valence-electron chi connectivity index (χ0n) is 18.0. The molecule has 1 aromatic heterocycles. The van der Waals surface area contributed by atoms with Crippen molar-refractivity contribution in [2.75, 3.05) is 5.32 Å². The molecule has 2 aromatic carbocycles. The Kier molecular flexibility index (Phi) is 5.64. The van der Waals surface area contributed by atoms with E-state index in [4.69, 9.17) is 17.0 Å². The number of benzene rings is 2. The molecular formula is C23H24ClFN6O. The summed E-state index contributed by atoms with van der Waals surface area (Å²) in [6.45, 7) is 4.80. The fourth-order valence-corrected chi connectivity index (χ4v) is 3.77. The topological polar surface area (TPSA) is 87.2 Å². The lowest BCUT2D eigenvalue weighted by Crippen LogP contribution is -2.59. The van der Waals surface area contributed by atoms with E-state index < -0.39 is 5.54 Å². The zero-order valence-corrected chi connectivity index (χ0v) is 18.8. The van der Waals surface area contributed by atoms with Crippen LogP contribution in [-0.2, 0) is 20.1 Å². The number of hydrogen-bond acceptors (Lipinski definition) is 5. The first-order valence-electron chi connectivity index (χ1n) is 10.1. The van der Waals surface area contributed by atoms with Gasteiger partial charge in [-0.15, -0.1) is 0 Å². The number of rotatable bonds is 5. The normalized spacial score (nSPS) is 15.0. The highest BCUT2D eigenvalue weighted by atomic mass is 35.5. The smallest absolute Gasteiger partial charge is 0.267 e. The molecule has 9 heteroatoms. The Labute approximate surface area is 189 Å². The molecule has 4 rings (SSSR count). The van der Waals surface area contributed by atoms with Crippen LogP contribution in [0.15, 0.2) is 58.3 Å². The maximum atomic E-state index is 13.4. The first-order valence-corrected chi connectivity index (χ1v) is 10.5. The second-order valence-corrected chi connectivity index (χ2v) is 8.82. The van der Waals surface area contributed by atoms with Gasteiger partial charge >= 0.3 is 0 Å². The largest absolute Gasteiger partial charge is 0.367 e. The molecule has 0 aliphatic carbocycles. The first kappa shape index (κ1) is 21.8. The lowest BCUT2D eigenvalue weighted by atomic mass is 10.1. The summed E-state index contributed by atoms with van der Waals surface area (Å²) in [4.78, 5) is 17.9. The molecule has 0 unspecified atom stereocenters. The van der Waals surface area contributed by atoms with Crippen molar-refractivity contribution in [1.82, 2.24) is 14.5 Å². The van der Waals surface area contributed by atoms with Gasteiger partial charge in [0.15, 0.2) is 0 Å². The summed E-state index contributed by atoms with van der Waals surface area (Å²) >= 11 is 5.98. The molecule has 0 atom stereocenters. The van der Waals surface area contributed by atoms with Gasteiger partial charge in [-0.05, 0) is 55.8 Å². The van der Waals surface area contributed by atoms with Crippen LogP contribution in [0.2, 0.25) is 5.02 Å². The van der Waals surface area contributed by atoms with Gasteiger partial charge in [0.05, 0.1) is 12.1 Å². The van der Waals surface area contributed by atoms with E-state index in [0.29, 0.717) is 35.2 Å². The maximum Gasteiger partial charge on any atom is 0.267 e. The quantitative estimate of drug-likeness (QED) is 0.549. The summed E-state index contributed by atoms with van der Waals surface area (Å²) < 4.78 is 16.6. The predicted molar refractivity (Wildman–Crippen MR) is 122 cm³/mol. The van der Waals surface area contributed by atoms with E-state index >= 15 is 0 Å². The minimum Gasteiger partial charge on any atom is -0.367 e. The van der Waals surface area contributed by atoms with Gasteiger partial charge in [0, 0.05) is 24.3 Å². The molecule has 0 amide bonds. The molecule has 1 aliphatic heterocycles. The monoisotopic (exact) mass is 454 g/mol. The van der Waals surface area contributed by atoms with Crippen LogP contribution in [0, 0.1) is 11.2 Å². The molecule has 0 bridgehead atoms. The Morgan fingerprint density at radius 3 is 2.50 bits per heavy atom. The molecule has 0 fully saturated rings. The van der Waals surface area contributed by atoms with E-state index in [1.807, 2.05) is 26.0 Å². The van der Waals surface area contributed by atoms with Crippen molar-refractivity contribution in [1.29, 1.82) is 5.41 Å². The summed E-state index contributed by atoms with van der Waals surface area (Å²) in [5.41, 5.74) is 1.30. The summed E-state index contributed by atoms with van der Waals surface area (Å²) in [5.74, 6) is -0.00240. The summed E-state index contributed by atoms with van der Waals surface area (Å²) in [5, 5.41) is 16.0. The molecular weight excluding hydrogens is 431 g/mol. The highest BCUT2D eigenvalue weighted by Gasteiger charge is 2.26. The molecule has 0 saturated heterocycles. The van der Waals surface area contributed by atoms with E-state index in [9.17, 15) is 9.18 Å². The van der Waals surface area contributed by atoms with Crippen molar-refractivity contribution in [3.8, 4) is 0 Å². The number of aromatic nitrogens is 2. The molecule has 0 saturated carbocycles. The fraction of sp³-hybridized carbons (Fsp3) is 0.261. The van der Waals surface area contributed by atoms with Gasteiger partial charge in [-0.1, -0.05) is 23.7 Å². The number of halogens is 2. The summed E-state index contributed by atoms with van der Waals surface area (Å²) in [6, 6.07) is 13.1. The van der Waals surface area contributed by atoms with Crippen LogP contribution in [0.25, 0.3) is 5.82 Å². The third-order valence-electron chi connectivity index (χ3n) is 5.26. The van der Waals surface area contributed by atoms with E-state index in [1.54, 1.807) is 35.9 Å². The van der Waals surface area contributed by atoms with Gasteiger partial charge in [0.1, 0.15) is 22.3 Å². The summed E-state index contributed by atoms with van der Waals surface area (Å²) in [7, 11) is 1.65. The molecule has 1 aliphatic rings. The minimum atomic E-state index is -0.410. The van der Waals surface area contributed by atoms with Crippen molar-refractivity contribution in [2.24, 2.45) is 12.0 Å². The average Bonchev–Trinajstić information content (AvgIpc) is 3.09. The van der Waals surface area contributed by atoms with Crippen LogP contribution in [0.4, 0.5) is 10.1 Å². The SMILES string of the molecule is Cn1c(=O)/c(=C(/NCc2ccc(Cl)cc2)Nc2ccc(F)cc2)c(=N)n2c1=NC(C)(C)C2. The van der Waals surface area contributed by atoms with Crippen LogP contribution in [-0.4, -0.2) is 14.7 Å². The average molecular weight is 455 g/mol. The van der Waals surface area contributed by atoms with Crippen LogP contribution in [0.5, 0.6) is 0 Å². The molecule has 3 N–H and O–H groups in total. The standard InChI is InChI=1S/C23H24ClFN6O/c1-23(2)13-31-19(26)18(21(32)30(3)22(31)29-23)20(28-17-10-8-16(25)9-11-17)27-12-14-4-6-15(24)7-5-14/h4-11,26-28H,12-13H2,1-3H3/b20-18-,26-19?. The van der Waals surface area contributed by atoms with Crippen LogP contribution >= 0.6 is 11.6 Å². The fourth-order valence-electron chi connectivity index (χ4n) is 3.64. The lowest BCUT2D eigenvalue weighted by molar-refractivity contribution is 0.466. The molecule has 0 spiro atoms. The Hall–Kier alpha value is -3.39. The number of nitrogens with one attached hydrogen (secondary N) is 3.